The highest BCUT2D eigenvalue weighted by atomic mass is 35.5. The van der Waals surface area contributed by atoms with E-state index in [-0.39, 0.29) is 44.4 Å². The monoisotopic (exact) mass is 529 g/mol. The molecule has 1 N–H and O–H groups in total. The quantitative estimate of drug-likeness (QED) is 0.492. The Morgan fingerprint density at radius 1 is 1.32 bits per heavy atom. The lowest BCUT2D eigenvalue weighted by Crippen LogP contribution is -2.47. The first-order chi connectivity index (χ1) is 16.1. The van der Waals surface area contributed by atoms with E-state index >= 15 is 0 Å². The second-order valence-electron chi connectivity index (χ2n) is 7.24. The molecule has 2 aromatic carbocycles. The molecule has 1 aromatic heterocycles. The number of ether oxygens (including phenoxy) is 2. The summed E-state index contributed by atoms with van der Waals surface area (Å²) in [5.74, 6) is -1.69. The fourth-order valence-corrected chi connectivity index (χ4v) is 5.47. The van der Waals surface area contributed by atoms with Crippen LogP contribution in [0.4, 0.5) is 10.1 Å². The minimum Gasteiger partial charge on any atom is -0.489 e. The van der Waals surface area contributed by atoms with Crippen LogP contribution in [-0.4, -0.2) is 41.9 Å². The molecule has 3 aromatic rings. The maximum absolute atomic E-state index is 14.1. The predicted octanol–water partition coefficient (Wildman–Crippen LogP) is 3.97. The van der Waals surface area contributed by atoms with Gasteiger partial charge in [-0.15, -0.1) is 0 Å². The summed E-state index contributed by atoms with van der Waals surface area (Å²) in [5, 5.41) is 13.4. The first kappa shape index (κ1) is 24.1. The molecule has 1 aliphatic heterocycles. The number of hydrogen-bond donors (Lipinski definition) is 1. The van der Waals surface area contributed by atoms with Crippen molar-refractivity contribution in [2.75, 3.05) is 10.8 Å². The van der Waals surface area contributed by atoms with E-state index in [0.29, 0.717) is 6.54 Å². The van der Waals surface area contributed by atoms with Crippen LogP contribution >= 0.6 is 23.2 Å². The number of halogens is 3. The Kier molecular flexibility index (Phi) is 6.61. The summed E-state index contributed by atoms with van der Waals surface area (Å²) in [6.45, 7) is 1.41. The van der Waals surface area contributed by atoms with Gasteiger partial charge in [0.05, 0.1) is 17.3 Å². The van der Waals surface area contributed by atoms with E-state index in [1.165, 1.54) is 47.3 Å². The Hall–Kier alpha value is -3.02. The number of carboxylic acid groups (broad SMARTS) is 1. The van der Waals surface area contributed by atoms with E-state index in [4.69, 9.17) is 32.7 Å². The largest absolute Gasteiger partial charge is 0.489 e. The van der Waals surface area contributed by atoms with Crippen molar-refractivity contribution in [3.8, 4) is 11.5 Å². The summed E-state index contributed by atoms with van der Waals surface area (Å²) in [6.07, 6.45) is -0.186. The zero-order valence-corrected chi connectivity index (χ0v) is 19.9. The Labute approximate surface area is 204 Å². The van der Waals surface area contributed by atoms with Crippen molar-refractivity contribution < 1.29 is 32.2 Å². The predicted molar refractivity (Wildman–Crippen MR) is 122 cm³/mol. The molecule has 0 saturated carbocycles. The normalized spacial score (nSPS) is 15.5. The fraction of sp³-hybridized carbons (Fsp3) is 0.238. The Balaban J connectivity index is 1.72. The van der Waals surface area contributed by atoms with Gasteiger partial charge in [0.15, 0.2) is 5.15 Å². The molecule has 1 unspecified atom stereocenters. The number of nitrogens with zero attached hydrogens (tertiary/aromatic N) is 3. The lowest BCUT2D eigenvalue weighted by Gasteiger charge is -2.33. The minimum atomic E-state index is -4.32. The minimum absolute atomic E-state index is 0.0116. The lowest BCUT2D eigenvalue weighted by atomic mass is 10.2. The standard InChI is InChI=1S/C21H18Cl2FN3O6S/c1-2-26-10-19(20(23)25-26)34(30,31)27-9-18(21(28)29)33-17-7-6-12(8-16(17)27)32-11-13-14(22)4-3-5-15(13)24/h3-8,10,18H,2,9,11H2,1H3,(H,28,29). The van der Waals surface area contributed by atoms with Crippen molar-refractivity contribution in [2.45, 2.75) is 31.1 Å². The van der Waals surface area contributed by atoms with Crippen LogP contribution in [0.2, 0.25) is 10.2 Å². The van der Waals surface area contributed by atoms with Gasteiger partial charge in [0.2, 0.25) is 6.10 Å². The Bertz CT molecular complexity index is 1340. The van der Waals surface area contributed by atoms with E-state index in [2.05, 4.69) is 5.10 Å². The maximum atomic E-state index is 14.1. The highest BCUT2D eigenvalue weighted by molar-refractivity contribution is 7.93. The van der Waals surface area contributed by atoms with Crippen LogP contribution < -0.4 is 13.8 Å². The number of fused-ring (bicyclic) bond motifs is 1. The smallest absolute Gasteiger partial charge is 0.346 e. The molecular weight excluding hydrogens is 512 g/mol. The van der Waals surface area contributed by atoms with Gasteiger partial charge in [-0.25, -0.2) is 17.6 Å². The number of carboxylic acids is 1. The molecule has 9 nitrogen and oxygen atoms in total. The molecule has 0 amide bonds. The van der Waals surface area contributed by atoms with E-state index in [9.17, 15) is 22.7 Å². The molecule has 0 radical (unpaired) electrons. The van der Waals surface area contributed by atoms with Gasteiger partial charge in [-0.05, 0) is 31.2 Å². The van der Waals surface area contributed by atoms with Gasteiger partial charge in [-0.1, -0.05) is 29.3 Å². The van der Waals surface area contributed by atoms with Gasteiger partial charge in [0, 0.05) is 24.4 Å². The average Bonchev–Trinajstić information content (AvgIpc) is 3.19. The number of aryl methyl sites for hydroxylation is 1. The van der Waals surface area contributed by atoms with Crippen LogP contribution in [0, 0.1) is 5.82 Å². The SMILES string of the molecule is CCn1cc(S(=O)(=O)N2CC(C(=O)O)Oc3ccc(OCc4c(F)cccc4Cl)cc32)c(Cl)n1. The first-order valence-electron chi connectivity index (χ1n) is 9.96. The third kappa shape index (κ3) is 4.50. The Morgan fingerprint density at radius 3 is 2.74 bits per heavy atom. The van der Waals surface area contributed by atoms with Gasteiger partial charge >= 0.3 is 5.97 Å². The summed E-state index contributed by atoms with van der Waals surface area (Å²) in [6, 6.07) is 8.41. The van der Waals surface area contributed by atoms with Crippen LogP contribution in [0.25, 0.3) is 0 Å². The highest BCUT2D eigenvalue weighted by Crippen LogP contribution is 2.40. The number of rotatable bonds is 7. The van der Waals surface area contributed by atoms with Crippen LogP contribution in [0.15, 0.2) is 47.5 Å². The van der Waals surface area contributed by atoms with Gasteiger partial charge in [-0.3, -0.25) is 8.99 Å². The van der Waals surface area contributed by atoms with Crippen LogP contribution in [0.3, 0.4) is 0 Å². The molecule has 34 heavy (non-hydrogen) atoms. The van der Waals surface area contributed by atoms with E-state index < -0.39 is 34.5 Å². The highest BCUT2D eigenvalue weighted by Gasteiger charge is 2.39. The summed E-state index contributed by atoms with van der Waals surface area (Å²) < 4.78 is 54.4. The van der Waals surface area contributed by atoms with Crippen molar-refractivity contribution in [3.63, 3.8) is 0 Å². The van der Waals surface area contributed by atoms with Gasteiger partial charge in [-0.2, -0.15) is 5.10 Å². The third-order valence-corrected chi connectivity index (χ3v) is 7.62. The van der Waals surface area contributed by atoms with Crippen molar-refractivity contribution in [2.24, 2.45) is 0 Å². The number of carbonyl (C=O) groups is 1. The number of hydrogen-bond acceptors (Lipinski definition) is 6. The summed E-state index contributed by atoms with van der Waals surface area (Å²) >= 11 is 12.1. The number of aromatic nitrogens is 2. The fourth-order valence-electron chi connectivity index (χ4n) is 3.34. The van der Waals surface area contributed by atoms with Crippen molar-refractivity contribution in [1.29, 1.82) is 0 Å². The van der Waals surface area contributed by atoms with E-state index in [0.717, 1.165) is 4.31 Å². The molecule has 0 saturated heterocycles. The molecule has 0 aliphatic carbocycles. The third-order valence-electron chi connectivity index (χ3n) is 5.10. The van der Waals surface area contributed by atoms with Gasteiger partial charge < -0.3 is 14.6 Å². The Morgan fingerprint density at radius 2 is 2.09 bits per heavy atom. The van der Waals surface area contributed by atoms with Crippen molar-refractivity contribution >= 4 is 44.9 Å². The number of anilines is 1. The second kappa shape index (κ2) is 9.32. The van der Waals surface area contributed by atoms with Crippen LogP contribution in [0.5, 0.6) is 11.5 Å². The molecule has 2 heterocycles. The molecule has 4 rings (SSSR count). The molecule has 180 valence electrons. The lowest BCUT2D eigenvalue weighted by molar-refractivity contribution is -0.144. The van der Waals surface area contributed by atoms with Crippen molar-refractivity contribution in [1.82, 2.24) is 9.78 Å². The van der Waals surface area contributed by atoms with Crippen LogP contribution in [0.1, 0.15) is 12.5 Å². The van der Waals surface area contributed by atoms with Crippen molar-refractivity contribution in [3.05, 3.63) is 64.2 Å². The van der Waals surface area contributed by atoms with Gasteiger partial charge in [0.1, 0.15) is 28.8 Å². The second-order valence-corrected chi connectivity index (χ2v) is 9.84. The number of benzene rings is 2. The maximum Gasteiger partial charge on any atom is 0.346 e. The molecule has 0 bridgehead atoms. The van der Waals surface area contributed by atoms with E-state index in [1.807, 2.05) is 0 Å². The molecule has 1 aliphatic rings. The van der Waals surface area contributed by atoms with Gasteiger partial charge in [0.25, 0.3) is 10.0 Å². The molecule has 0 fully saturated rings. The number of sulfonamides is 1. The average molecular weight is 530 g/mol. The van der Waals surface area contributed by atoms with Crippen LogP contribution in [-0.2, 0) is 28.0 Å². The summed E-state index contributed by atoms with van der Waals surface area (Å²) in [4.78, 5) is 11.3. The molecule has 0 spiro atoms. The topological polar surface area (TPSA) is 111 Å². The molecule has 13 heteroatoms. The first-order valence-corrected chi connectivity index (χ1v) is 12.2. The summed E-state index contributed by atoms with van der Waals surface area (Å²) in [7, 11) is -4.32. The molecule has 1 atom stereocenters. The molecular formula is C21H18Cl2FN3O6S. The summed E-state index contributed by atoms with van der Waals surface area (Å²) in [5.41, 5.74) is 0.169. The number of aliphatic carboxylic acids is 1. The zero-order chi connectivity index (χ0) is 24.6. The zero-order valence-electron chi connectivity index (χ0n) is 17.6. The van der Waals surface area contributed by atoms with E-state index in [1.54, 1.807) is 6.92 Å².